The molecule has 0 saturated carbocycles. The van der Waals surface area contributed by atoms with Crippen LogP contribution in [0.25, 0.3) is 11.1 Å². The molecule has 2 N–H and O–H groups in total. The van der Waals surface area contributed by atoms with E-state index in [0.29, 0.717) is 22.5 Å². The second-order valence-electron chi connectivity index (χ2n) is 5.05. The van der Waals surface area contributed by atoms with Crippen LogP contribution in [0.5, 0.6) is 0 Å². The first-order valence-corrected chi connectivity index (χ1v) is 7.18. The lowest BCUT2D eigenvalue weighted by Gasteiger charge is -2.12. The van der Waals surface area contributed by atoms with E-state index in [9.17, 15) is 0 Å². The van der Waals surface area contributed by atoms with Crippen molar-refractivity contribution >= 4 is 23.2 Å². The fourth-order valence-corrected chi connectivity index (χ4v) is 3.40. The lowest BCUT2D eigenvalue weighted by Crippen LogP contribution is -2.06. The van der Waals surface area contributed by atoms with E-state index >= 15 is 0 Å². The number of aryl methyl sites for hydroxylation is 1. The summed E-state index contributed by atoms with van der Waals surface area (Å²) in [5.41, 5.74) is 11.9. The van der Waals surface area contributed by atoms with Gasteiger partial charge in [-0.3, -0.25) is 0 Å². The zero-order valence-corrected chi connectivity index (χ0v) is 12.2. The number of fused-ring (bicyclic) bond motifs is 3. The largest absolute Gasteiger partial charge is 0.330 e. The van der Waals surface area contributed by atoms with E-state index < -0.39 is 0 Å². The first-order chi connectivity index (χ1) is 9.13. The van der Waals surface area contributed by atoms with Crippen molar-refractivity contribution in [2.45, 2.75) is 19.3 Å². The molecule has 1 atom stereocenters. The fraction of sp³-hybridized carbons (Fsp3) is 0.250. The van der Waals surface area contributed by atoms with Crippen LogP contribution >= 0.6 is 23.2 Å². The van der Waals surface area contributed by atoms with E-state index in [2.05, 4.69) is 31.2 Å². The minimum Gasteiger partial charge on any atom is -0.330 e. The Kier molecular flexibility index (Phi) is 3.30. The predicted molar refractivity (Wildman–Crippen MR) is 82.1 cm³/mol. The van der Waals surface area contributed by atoms with Crippen molar-refractivity contribution in [2.24, 2.45) is 5.73 Å². The van der Waals surface area contributed by atoms with Crippen molar-refractivity contribution in [1.29, 1.82) is 0 Å². The highest BCUT2D eigenvalue weighted by Crippen LogP contribution is 2.50. The Morgan fingerprint density at radius 1 is 1.11 bits per heavy atom. The molecule has 0 spiro atoms. The minimum atomic E-state index is 0.338. The molecule has 0 fully saturated rings. The van der Waals surface area contributed by atoms with Crippen LogP contribution < -0.4 is 5.73 Å². The smallest absolute Gasteiger partial charge is 0.0673 e. The van der Waals surface area contributed by atoms with E-state index in [0.717, 1.165) is 12.0 Å². The lowest BCUT2D eigenvalue weighted by atomic mass is 9.93. The SMILES string of the molecule is Cc1ccc2c(c1)C(CCN)c1ccc(Cl)c(Cl)c1-2. The van der Waals surface area contributed by atoms with E-state index in [1.807, 2.05) is 6.07 Å². The van der Waals surface area contributed by atoms with Crippen molar-refractivity contribution in [2.75, 3.05) is 6.54 Å². The maximum absolute atomic E-state index is 6.41. The molecule has 98 valence electrons. The molecule has 1 aliphatic rings. The molecule has 0 saturated heterocycles. The van der Waals surface area contributed by atoms with Gasteiger partial charge in [0, 0.05) is 11.5 Å². The van der Waals surface area contributed by atoms with Gasteiger partial charge < -0.3 is 5.73 Å². The number of hydrogen-bond donors (Lipinski definition) is 1. The average molecular weight is 292 g/mol. The van der Waals surface area contributed by atoms with Crippen molar-refractivity contribution in [3.8, 4) is 11.1 Å². The van der Waals surface area contributed by atoms with Gasteiger partial charge in [0.2, 0.25) is 0 Å². The van der Waals surface area contributed by atoms with E-state index in [1.54, 1.807) is 0 Å². The first kappa shape index (κ1) is 13.0. The Morgan fingerprint density at radius 2 is 1.89 bits per heavy atom. The van der Waals surface area contributed by atoms with Crippen LogP contribution in [0.2, 0.25) is 10.0 Å². The molecular formula is C16H15Cl2N. The summed E-state index contributed by atoms with van der Waals surface area (Å²) < 4.78 is 0. The van der Waals surface area contributed by atoms with E-state index in [-0.39, 0.29) is 0 Å². The second kappa shape index (κ2) is 4.82. The van der Waals surface area contributed by atoms with Gasteiger partial charge in [-0.05, 0) is 42.6 Å². The second-order valence-corrected chi connectivity index (χ2v) is 5.83. The molecule has 2 aromatic rings. The third kappa shape index (κ3) is 1.97. The summed E-state index contributed by atoms with van der Waals surface area (Å²) in [4.78, 5) is 0. The molecule has 0 aliphatic heterocycles. The molecule has 0 aromatic heterocycles. The number of rotatable bonds is 2. The van der Waals surface area contributed by atoms with Gasteiger partial charge in [-0.2, -0.15) is 0 Å². The molecule has 1 aliphatic carbocycles. The van der Waals surface area contributed by atoms with Crippen molar-refractivity contribution in [1.82, 2.24) is 0 Å². The molecular weight excluding hydrogens is 277 g/mol. The molecule has 0 radical (unpaired) electrons. The fourth-order valence-electron chi connectivity index (χ4n) is 2.97. The Morgan fingerprint density at radius 3 is 2.63 bits per heavy atom. The van der Waals surface area contributed by atoms with E-state index in [1.165, 1.54) is 22.3 Å². The summed E-state index contributed by atoms with van der Waals surface area (Å²) in [7, 11) is 0. The molecule has 19 heavy (non-hydrogen) atoms. The summed E-state index contributed by atoms with van der Waals surface area (Å²) in [6.45, 7) is 2.77. The summed E-state index contributed by atoms with van der Waals surface area (Å²) >= 11 is 12.6. The third-order valence-corrected chi connectivity index (χ3v) is 4.61. The van der Waals surface area contributed by atoms with Crippen LogP contribution in [0, 0.1) is 6.92 Å². The summed E-state index contributed by atoms with van der Waals surface area (Å²) in [6, 6.07) is 10.5. The molecule has 3 rings (SSSR count). The summed E-state index contributed by atoms with van der Waals surface area (Å²) in [6.07, 6.45) is 0.932. The van der Waals surface area contributed by atoms with Crippen LogP contribution in [0.15, 0.2) is 30.3 Å². The Bertz CT molecular complexity index is 649. The monoisotopic (exact) mass is 291 g/mol. The van der Waals surface area contributed by atoms with Crippen molar-refractivity contribution in [3.63, 3.8) is 0 Å². The molecule has 0 amide bonds. The number of benzene rings is 2. The van der Waals surface area contributed by atoms with Gasteiger partial charge >= 0.3 is 0 Å². The Balaban J connectivity index is 2.29. The zero-order chi connectivity index (χ0) is 13.6. The highest BCUT2D eigenvalue weighted by Gasteiger charge is 2.30. The maximum atomic E-state index is 6.41. The minimum absolute atomic E-state index is 0.338. The number of nitrogens with two attached hydrogens (primary N) is 1. The summed E-state index contributed by atoms with van der Waals surface area (Å²) in [5.74, 6) is 0.338. The first-order valence-electron chi connectivity index (χ1n) is 6.42. The highest BCUT2D eigenvalue weighted by molar-refractivity contribution is 6.44. The van der Waals surface area contributed by atoms with E-state index in [4.69, 9.17) is 28.9 Å². The van der Waals surface area contributed by atoms with Crippen LogP contribution in [0.3, 0.4) is 0 Å². The highest BCUT2D eigenvalue weighted by atomic mass is 35.5. The van der Waals surface area contributed by atoms with Crippen molar-refractivity contribution < 1.29 is 0 Å². The van der Waals surface area contributed by atoms with Gasteiger partial charge in [-0.15, -0.1) is 0 Å². The lowest BCUT2D eigenvalue weighted by molar-refractivity contribution is 0.740. The van der Waals surface area contributed by atoms with Gasteiger partial charge in [0.25, 0.3) is 0 Å². The molecule has 0 bridgehead atoms. The van der Waals surface area contributed by atoms with Gasteiger partial charge in [-0.1, -0.05) is 53.0 Å². The molecule has 2 aromatic carbocycles. The maximum Gasteiger partial charge on any atom is 0.0673 e. The quantitative estimate of drug-likeness (QED) is 0.848. The van der Waals surface area contributed by atoms with Gasteiger partial charge in [0.15, 0.2) is 0 Å². The standard InChI is InChI=1S/C16H15Cl2N/c1-9-2-3-12-13(8-9)10(6-7-19)11-4-5-14(17)16(18)15(11)12/h2-5,8,10H,6-7,19H2,1H3. The predicted octanol–water partition coefficient (Wildman–Crippen LogP) is 4.76. The topological polar surface area (TPSA) is 26.0 Å². The van der Waals surface area contributed by atoms with Gasteiger partial charge in [-0.25, -0.2) is 0 Å². The molecule has 1 nitrogen and oxygen atoms in total. The van der Waals surface area contributed by atoms with Crippen LogP contribution in [0.1, 0.15) is 29.0 Å². The van der Waals surface area contributed by atoms with Crippen LogP contribution in [-0.4, -0.2) is 6.54 Å². The van der Waals surface area contributed by atoms with Gasteiger partial charge in [0.1, 0.15) is 0 Å². The van der Waals surface area contributed by atoms with Crippen LogP contribution in [0.4, 0.5) is 0 Å². The normalized spacial score (nSPS) is 16.3. The number of hydrogen-bond acceptors (Lipinski definition) is 1. The average Bonchev–Trinajstić information content (AvgIpc) is 2.69. The molecule has 0 heterocycles. The molecule has 3 heteroatoms. The summed E-state index contributed by atoms with van der Waals surface area (Å²) in [5, 5.41) is 1.27. The molecule has 1 unspecified atom stereocenters. The van der Waals surface area contributed by atoms with Crippen LogP contribution in [-0.2, 0) is 0 Å². The van der Waals surface area contributed by atoms with Crippen molar-refractivity contribution in [3.05, 3.63) is 57.1 Å². The third-order valence-electron chi connectivity index (χ3n) is 3.81. The number of halogens is 2. The Labute approximate surface area is 123 Å². The zero-order valence-electron chi connectivity index (χ0n) is 10.7. The van der Waals surface area contributed by atoms with Gasteiger partial charge in [0.05, 0.1) is 10.0 Å². The Hall–Kier alpha value is -1.02.